The van der Waals surface area contributed by atoms with E-state index in [1.807, 2.05) is 18.2 Å². The fourth-order valence-electron chi connectivity index (χ4n) is 1.49. The van der Waals surface area contributed by atoms with Crippen LogP contribution in [-0.2, 0) is 6.54 Å². The number of rotatable bonds is 3. The maximum absolute atomic E-state index is 11.6. The first-order valence-electron chi connectivity index (χ1n) is 5.63. The van der Waals surface area contributed by atoms with Gasteiger partial charge < -0.3 is 9.67 Å². The molecular formula is C14H13NO2S. The summed E-state index contributed by atoms with van der Waals surface area (Å²) in [6, 6.07) is 9.05. The number of aromatic nitrogens is 1. The molecule has 0 unspecified atom stereocenters. The zero-order valence-electron chi connectivity index (χ0n) is 9.80. The molecule has 3 nitrogen and oxygen atoms in total. The highest BCUT2D eigenvalue weighted by Gasteiger charge is 2.00. The van der Waals surface area contributed by atoms with E-state index >= 15 is 0 Å². The van der Waals surface area contributed by atoms with Gasteiger partial charge in [0, 0.05) is 23.6 Å². The van der Waals surface area contributed by atoms with Crippen molar-refractivity contribution in [3.63, 3.8) is 0 Å². The first-order valence-corrected chi connectivity index (χ1v) is 6.45. The van der Waals surface area contributed by atoms with E-state index < -0.39 is 0 Å². The Labute approximate surface area is 109 Å². The lowest BCUT2D eigenvalue weighted by Crippen LogP contribution is -2.17. The van der Waals surface area contributed by atoms with E-state index in [1.165, 1.54) is 0 Å². The predicted octanol–water partition coefficient (Wildman–Crippen LogP) is 1.69. The van der Waals surface area contributed by atoms with Crippen molar-refractivity contribution < 1.29 is 5.11 Å². The van der Waals surface area contributed by atoms with Gasteiger partial charge in [-0.2, -0.15) is 0 Å². The minimum atomic E-state index is -0.00110. The Bertz CT molecular complexity index is 631. The fourth-order valence-corrected chi connectivity index (χ4v) is 2.38. The minimum Gasteiger partial charge on any atom is -0.395 e. The molecule has 18 heavy (non-hydrogen) atoms. The van der Waals surface area contributed by atoms with Crippen molar-refractivity contribution in [1.29, 1.82) is 0 Å². The average molecular weight is 259 g/mol. The highest BCUT2D eigenvalue weighted by atomic mass is 32.1. The van der Waals surface area contributed by atoms with Crippen molar-refractivity contribution in [1.82, 2.24) is 4.57 Å². The van der Waals surface area contributed by atoms with Crippen LogP contribution in [-0.4, -0.2) is 16.3 Å². The number of aliphatic hydroxyl groups is 1. The molecule has 0 amide bonds. The van der Waals surface area contributed by atoms with E-state index in [-0.39, 0.29) is 12.2 Å². The van der Waals surface area contributed by atoms with Crippen molar-refractivity contribution in [2.75, 3.05) is 6.61 Å². The molecule has 0 aliphatic rings. The van der Waals surface area contributed by atoms with Crippen molar-refractivity contribution in [2.45, 2.75) is 13.0 Å². The van der Waals surface area contributed by atoms with E-state index in [9.17, 15) is 4.79 Å². The van der Waals surface area contributed by atoms with Crippen LogP contribution in [0.15, 0.2) is 41.3 Å². The van der Waals surface area contributed by atoms with Gasteiger partial charge in [0.15, 0.2) is 0 Å². The van der Waals surface area contributed by atoms with Gasteiger partial charge in [0.2, 0.25) is 0 Å². The average Bonchev–Trinajstić information content (AvgIpc) is 2.80. The van der Waals surface area contributed by atoms with Crippen molar-refractivity contribution >= 4 is 11.3 Å². The van der Waals surface area contributed by atoms with E-state index in [4.69, 9.17) is 5.11 Å². The Morgan fingerprint density at radius 1 is 1.28 bits per heavy atom. The summed E-state index contributed by atoms with van der Waals surface area (Å²) < 4.78 is 1.66. The van der Waals surface area contributed by atoms with Crippen LogP contribution in [0.3, 0.4) is 0 Å². The van der Waals surface area contributed by atoms with E-state index in [0.29, 0.717) is 13.0 Å². The molecular weight excluding hydrogens is 246 g/mol. The monoisotopic (exact) mass is 259 g/mol. The molecule has 0 radical (unpaired) electrons. The first-order chi connectivity index (χ1) is 8.79. The first kappa shape index (κ1) is 12.6. The molecule has 0 aliphatic heterocycles. The second-order valence-electron chi connectivity index (χ2n) is 3.71. The number of pyridine rings is 1. The van der Waals surface area contributed by atoms with Gasteiger partial charge in [-0.05, 0) is 18.2 Å². The van der Waals surface area contributed by atoms with Crippen molar-refractivity contribution in [3.05, 3.63) is 56.6 Å². The molecule has 2 aromatic rings. The van der Waals surface area contributed by atoms with Gasteiger partial charge in [0.1, 0.15) is 0 Å². The standard InChI is InChI=1S/C14H13NO2S/c16-10-4-2-5-12-7-8-13(18-12)11-15-9-3-1-6-14(15)17/h1,3,6-9,16H,4,10-11H2. The molecule has 2 heterocycles. The summed E-state index contributed by atoms with van der Waals surface area (Å²) >= 11 is 1.57. The normalized spacial score (nSPS) is 9.83. The molecule has 2 rings (SSSR count). The number of nitrogens with zero attached hydrogens (tertiary/aromatic N) is 1. The summed E-state index contributed by atoms with van der Waals surface area (Å²) in [4.78, 5) is 13.6. The van der Waals surface area contributed by atoms with Crippen molar-refractivity contribution in [3.8, 4) is 11.8 Å². The van der Waals surface area contributed by atoms with Crippen LogP contribution in [0.4, 0.5) is 0 Å². The Kier molecular flexibility index (Phi) is 4.35. The second-order valence-corrected chi connectivity index (χ2v) is 4.88. The highest BCUT2D eigenvalue weighted by Crippen LogP contribution is 2.16. The summed E-state index contributed by atoms with van der Waals surface area (Å²) in [5.41, 5.74) is -0.00110. The maximum atomic E-state index is 11.6. The van der Waals surface area contributed by atoms with Gasteiger partial charge in [-0.15, -0.1) is 11.3 Å². The van der Waals surface area contributed by atoms with Crippen LogP contribution < -0.4 is 5.56 Å². The molecule has 0 aromatic carbocycles. The predicted molar refractivity (Wildman–Crippen MR) is 72.7 cm³/mol. The van der Waals surface area contributed by atoms with Gasteiger partial charge in [0.25, 0.3) is 5.56 Å². The zero-order valence-corrected chi connectivity index (χ0v) is 10.6. The van der Waals surface area contributed by atoms with Gasteiger partial charge >= 0.3 is 0 Å². The number of hydrogen-bond acceptors (Lipinski definition) is 3. The smallest absolute Gasteiger partial charge is 0.250 e. The number of hydrogen-bond donors (Lipinski definition) is 1. The van der Waals surface area contributed by atoms with Crippen LogP contribution in [0.5, 0.6) is 0 Å². The van der Waals surface area contributed by atoms with E-state index in [0.717, 1.165) is 9.75 Å². The molecule has 0 fully saturated rings. The molecule has 0 spiro atoms. The third-order valence-corrected chi connectivity index (χ3v) is 3.32. The van der Waals surface area contributed by atoms with Gasteiger partial charge in [0.05, 0.1) is 18.0 Å². The lowest BCUT2D eigenvalue weighted by atomic mass is 10.4. The van der Waals surface area contributed by atoms with Gasteiger partial charge in [-0.25, -0.2) is 0 Å². The summed E-state index contributed by atoms with van der Waals surface area (Å²) in [5, 5.41) is 8.64. The SMILES string of the molecule is O=c1ccccn1Cc1ccc(C#CCCO)s1. The van der Waals surface area contributed by atoms with Crippen LogP contribution in [0.1, 0.15) is 16.2 Å². The van der Waals surface area contributed by atoms with Crippen LogP contribution in [0.25, 0.3) is 0 Å². The summed E-state index contributed by atoms with van der Waals surface area (Å²) in [6.07, 6.45) is 2.27. The van der Waals surface area contributed by atoms with E-state index in [1.54, 1.807) is 34.2 Å². The molecule has 0 atom stereocenters. The van der Waals surface area contributed by atoms with Gasteiger partial charge in [-0.1, -0.05) is 17.9 Å². The topological polar surface area (TPSA) is 42.2 Å². The molecule has 0 bridgehead atoms. The quantitative estimate of drug-likeness (QED) is 0.852. The summed E-state index contributed by atoms with van der Waals surface area (Å²) in [5.74, 6) is 5.87. The Morgan fingerprint density at radius 3 is 2.94 bits per heavy atom. The Morgan fingerprint density at radius 2 is 2.17 bits per heavy atom. The Hall–Kier alpha value is -1.83. The van der Waals surface area contributed by atoms with Gasteiger partial charge in [-0.3, -0.25) is 4.79 Å². The van der Waals surface area contributed by atoms with Crippen molar-refractivity contribution in [2.24, 2.45) is 0 Å². The summed E-state index contributed by atoms with van der Waals surface area (Å²) in [7, 11) is 0. The minimum absolute atomic E-state index is 0.00110. The summed E-state index contributed by atoms with van der Waals surface area (Å²) in [6.45, 7) is 0.663. The highest BCUT2D eigenvalue weighted by molar-refractivity contribution is 7.12. The molecule has 1 N–H and O–H groups in total. The fraction of sp³-hybridized carbons (Fsp3) is 0.214. The number of aliphatic hydroxyl groups excluding tert-OH is 1. The zero-order chi connectivity index (χ0) is 12.8. The third-order valence-electron chi connectivity index (χ3n) is 2.34. The Balaban J connectivity index is 2.10. The van der Waals surface area contributed by atoms with E-state index in [2.05, 4.69) is 11.8 Å². The molecule has 0 saturated heterocycles. The number of thiophene rings is 1. The maximum Gasteiger partial charge on any atom is 0.250 e. The van der Waals surface area contributed by atoms with Crippen LogP contribution in [0.2, 0.25) is 0 Å². The lowest BCUT2D eigenvalue weighted by molar-refractivity contribution is 0.305. The molecule has 92 valence electrons. The lowest BCUT2D eigenvalue weighted by Gasteiger charge is -2.01. The molecule has 0 aliphatic carbocycles. The molecule has 4 heteroatoms. The van der Waals surface area contributed by atoms with Crippen LogP contribution >= 0.6 is 11.3 Å². The molecule has 0 saturated carbocycles. The largest absolute Gasteiger partial charge is 0.395 e. The third kappa shape index (κ3) is 3.33. The molecule has 2 aromatic heterocycles. The van der Waals surface area contributed by atoms with Crippen LogP contribution in [0, 0.1) is 11.8 Å². The second kappa shape index (κ2) is 6.20.